The lowest BCUT2D eigenvalue weighted by atomic mass is 10.2. The van der Waals surface area contributed by atoms with Crippen LogP contribution in [-0.4, -0.2) is 56.2 Å². The van der Waals surface area contributed by atoms with E-state index in [1.165, 1.54) is 12.0 Å². The standard InChI is InChI=1S/C13H20N4O3/c1-9-10(12(18)20-4)5-6-11(16-9)14-7-8-15-13(19)17(2)3/h5-6H,7-8H2,1-4H3,(H,14,16)(H,15,19). The normalized spacial score (nSPS) is 9.80. The molecule has 2 amide bonds. The number of anilines is 1. The van der Waals surface area contributed by atoms with E-state index in [4.69, 9.17) is 0 Å². The highest BCUT2D eigenvalue weighted by Crippen LogP contribution is 2.11. The summed E-state index contributed by atoms with van der Waals surface area (Å²) in [6, 6.07) is 3.22. The van der Waals surface area contributed by atoms with Crippen molar-refractivity contribution in [2.75, 3.05) is 39.6 Å². The van der Waals surface area contributed by atoms with E-state index in [2.05, 4.69) is 20.4 Å². The lowest BCUT2D eigenvalue weighted by Gasteiger charge is -2.12. The number of ether oxygens (including phenoxy) is 1. The van der Waals surface area contributed by atoms with Gasteiger partial charge in [0.25, 0.3) is 0 Å². The monoisotopic (exact) mass is 280 g/mol. The van der Waals surface area contributed by atoms with Gasteiger partial charge in [0.05, 0.1) is 18.4 Å². The Labute approximate surface area is 118 Å². The average Bonchev–Trinajstić information content (AvgIpc) is 2.42. The van der Waals surface area contributed by atoms with Crippen molar-refractivity contribution < 1.29 is 14.3 Å². The molecule has 0 atom stereocenters. The van der Waals surface area contributed by atoms with Crippen LogP contribution in [0.1, 0.15) is 16.1 Å². The zero-order valence-electron chi connectivity index (χ0n) is 12.2. The van der Waals surface area contributed by atoms with Crippen LogP contribution in [0.4, 0.5) is 10.6 Å². The Morgan fingerprint density at radius 3 is 2.55 bits per heavy atom. The second-order valence-electron chi connectivity index (χ2n) is 4.37. The summed E-state index contributed by atoms with van der Waals surface area (Å²) in [7, 11) is 4.69. The number of aryl methyl sites for hydroxylation is 1. The first-order valence-corrected chi connectivity index (χ1v) is 6.20. The van der Waals surface area contributed by atoms with Crippen LogP contribution in [0.2, 0.25) is 0 Å². The van der Waals surface area contributed by atoms with Crippen LogP contribution in [0.3, 0.4) is 0 Å². The number of carbonyl (C=O) groups is 2. The predicted octanol–water partition coefficient (Wildman–Crippen LogP) is 0.860. The molecule has 0 unspecified atom stereocenters. The Morgan fingerprint density at radius 1 is 1.30 bits per heavy atom. The van der Waals surface area contributed by atoms with Crippen molar-refractivity contribution in [3.63, 3.8) is 0 Å². The van der Waals surface area contributed by atoms with E-state index >= 15 is 0 Å². The fourth-order valence-corrected chi connectivity index (χ4v) is 1.50. The number of carbonyl (C=O) groups excluding carboxylic acids is 2. The Balaban J connectivity index is 2.48. The summed E-state index contributed by atoms with van der Waals surface area (Å²) in [6.45, 7) is 2.77. The summed E-state index contributed by atoms with van der Waals surface area (Å²) < 4.78 is 4.65. The highest BCUT2D eigenvalue weighted by atomic mass is 16.5. The summed E-state index contributed by atoms with van der Waals surface area (Å²) in [5, 5.41) is 5.80. The van der Waals surface area contributed by atoms with Crippen LogP contribution in [0, 0.1) is 6.92 Å². The minimum Gasteiger partial charge on any atom is -0.465 e. The summed E-state index contributed by atoms with van der Waals surface area (Å²) in [4.78, 5) is 28.4. The van der Waals surface area contributed by atoms with E-state index in [-0.39, 0.29) is 6.03 Å². The molecular weight excluding hydrogens is 260 g/mol. The summed E-state index contributed by atoms with van der Waals surface area (Å²) >= 11 is 0. The Morgan fingerprint density at radius 2 is 2.00 bits per heavy atom. The molecule has 0 saturated carbocycles. The number of aromatic nitrogens is 1. The number of hydrogen-bond donors (Lipinski definition) is 2. The molecule has 0 saturated heterocycles. The van der Waals surface area contributed by atoms with Gasteiger partial charge in [0.1, 0.15) is 5.82 Å². The van der Waals surface area contributed by atoms with Gasteiger partial charge in [0.15, 0.2) is 0 Å². The number of esters is 1. The SMILES string of the molecule is COC(=O)c1ccc(NCCNC(=O)N(C)C)nc1C. The maximum atomic E-state index is 11.4. The second-order valence-corrected chi connectivity index (χ2v) is 4.37. The van der Waals surface area contributed by atoms with Crippen molar-refractivity contribution >= 4 is 17.8 Å². The zero-order chi connectivity index (χ0) is 15.1. The maximum absolute atomic E-state index is 11.4. The smallest absolute Gasteiger partial charge is 0.339 e. The van der Waals surface area contributed by atoms with Gasteiger partial charge in [-0.3, -0.25) is 0 Å². The van der Waals surface area contributed by atoms with Crippen LogP contribution >= 0.6 is 0 Å². The minimum absolute atomic E-state index is 0.142. The lowest BCUT2D eigenvalue weighted by Crippen LogP contribution is -2.37. The molecule has 0 aliphatic heterocycles. The number of methoxy groups -OCH3 is 1. The van der Waals surface area contributed by atoms with E-state index in [0.29, 0.717) is 30.2 Å². The Kier molecular flexibility index (Phi) is 5.76. The van der Waals surface area contributed by atoms with Crippen LogP contribution in [0.25, 0.3) is 0 Å². The fourth-order valence-electron chi connectivity index (χ4n) is 1.50. The van der Waals surface area contributed by atoms with Crippen LogP contribution in [0.15, 0.2) is 12.1 Å². The summed E-state index contributed by atoms with van der Waals surface area (Å²) in [5.74, 6) is 0.244. The van der Waals surface area contributed by atoms with Crippen molar-refractivity contribution in [2.24, 2.45) is 0 Å². The Bertz CT molecular complexity index is 489. The first-order chi connectivity index (χ1) is 9.45. The number of rotatable bonds is 5. The topological polar surface area (TPSA) is 83.6 Å². The van der Waals surface area contributed by atoms with Gasteiger partial charge in [-0.1, -0.05) is 0 Å². The average molecular weight is 280 g/mol. The summed E-state index contributed by atoms with van der Waals surface area (Å²) in [6.07, 6.45) is 0. The molecule has 0 radical (unpaired) electrons. The molecule has 0 aliphatic carbocycles. The second kappa shape index (κ2) is 7.32. The van der Waals surface area contributed by atoms with Gasteiger partial charge in [0, 0.05) is 27.2 Å². The molecule has 1 aromatic heterocycles. The van der Waals surface area contributed by atoms with E-state index in [0.717, 1.165) is 0 Å². The molecule has 110 valence electrons. The summed E-state index contributed by atoms with van der Waals surface area (Å²) in [5.41, 5.74) is 1.04. The third-order valence-electron chi connectivity index (χ3n) is 2.60. The molecule has 20 heavy (non-hydrogen) atoms. The quantitative estimate of drug-likeness (QED) is 0.617. The van der Waals surface area contributed by atoms with E-state index < -0.39 is 5.97 Å². The van der Waals surface area contributed by atoms with Crippen molar-refractivity contribution in [3.05, 3.63) is 23.4 Å². The van der Waals surface area contributed by atoms with Crippen molar-refractivity contribution in [1.82, 2.24) is 15.2 Å². The number of amides is 2. The van der Waals surface area contributed by atoms with Gasteiger partial charge < -0.3 is 20.3 Å². The van der Waals surface area contributed by atoms with Crippen molar-refractivity contribution in [3.8, 4) is 0 Å². The van der Waals surface area contributed by atoms with Crippen molar-refractivity contribution in [2.45, 2.75) is 6.92 Å². The molecular formula is C13H20N4O3. The number of nitrogens with one attached hydrogen (secondary N) is 2. The third-order valence-corrected chi connectivity index (χ3v) is 2.60. The molecule has 7 nitrogen and oxygen atoms in total. The lowest BCUT2D eigenvalue weighted by molar-refractivity contribution is 0.0599. The zero-order valence-corrected chi connectivity index (χ0v) is 12.2. The largest absolute Gasteiger partial charge is 0.465 e. The van der Waals surface area contributed by atoms with Gasteiger partial charge >= 0.3 is 12.0 Å². The molecule has 0 spiro atoms. The number of urea groups is 1. The van der Waals surface area contributed by atoms with E-state index in [9.17, 15) is 9.59 Å². The van der Waals surface area contributed by atoms with Gasteiger partial charge in [-0.15, -0.1) is 0 Å². The molecule has 2 N–H and O–H groups in total. The molecule has 1 aromatic rings. The molecule has 1 rings (SSSR count). The molecule has 0 fully saturated rings. The Hall–Kier alpha value is -2.31. The van der Waals surface area contributed by atoms with E-state index in [1.807, 2.05) is 0 Å². The molecule has 0 aliphatic rings. The van der Waals surface area contributed by atoms with Gasteiger partial charge in [-0.25, -0.2) is 14.6 Å². The third kappa shape index (κ3) is 4.42. The number of pyridine rings is 1. The first kappa shape index (κ1) is 15.7. The highest BCUT2D eigenvalue weighted by Gasteiger charge is 2.10. The predicted molar refractivity (Wildman–Crippen MR) is 75.9 cm³/mol. The fraction of sp³-hybridized carbons (Fsp3) is 0.462. The maximum Gasteiger partial charge on any atom is 0.339 e. The molecule has 0 bridgehead atoms. The molecule has 0 aromatic carbocycles. The molecule has 7 heteroatoms. The number of nitrogens with zero attached hydrogens (tertiary/aromatic N) is 2. The highest BCUT2D eigenvalue weighted by molar-refractivity contribution is 5.90. The minimum atomic E-state index is -0.403. The van der Waals surface area contributed by atoms with Gasteiger partial charge in [-0.2, -0.15) is 0 Å². The van der Waals surface area contributed by atoms with Crippen molar-refractivity contribution in [1.29, 1.82) is 0 Å². The molecule has 1 heterocycles. The van der Waals surface area contributed by atoms with Gasteiger partial charge in [-0.05, 0) is 19.1 Å². The van der Waals surface area contributed by atoms with Crippen LogP contribution < -0.4 is 10.6 Å². The van der Waals surface area contributed by atoms with E-state index in [1.54, 1.807) is 33.2 Å². The van der Waals surface area contributed by atoms with Crippen LogP contribution in [-0.2, 0) is 4.74 Å². The van der Waals surface area contributed by atoms with Crippen LogP contribution in [0.5, 0.6) is 0 Å². The number of hydrogen-bond acceptors (Lipinski definition) is 5. The first-order valence-electron chi connectivity index (χ1n) is 6.20. The van der Waals surface area contributed by atoms with Gasteiger partial charge in [0.2, 0.25) is 0 Å².